The fourth-order valence-electron chi connectivity index (χ4n) is 6.13. The number of amides is 5. The van der Waals surface area contributed by atoms with Crippen molar-refractivity contribution in [3.05, 3.63) is 95.6 Å². The lowest BCUT2D eigenvalue weighted by Crippen LogP contribution is -2.59. The van der Waals surface area contributed by atoms with Gasteiger partial charge in [-0.3, -0.25) is 14.4 Å². The first-order valence-corrected chi connectivity index (χ1v) is 18.3. The molecule has 5 atom stereocenters. The first-order chi connectivity index (χ1) is 25.9. The van der Waals surface area contributed by atoms with Crippen molar-refractivity contribution in [2.45, 2.75) is 91.1 Å². The number of ether oxygens (including phenoxy) is 2. The number of rotatable bonds is 15. The Morgan fingerprint density at radius 1 is 0.618 bits per heavy atom. The normalized spacial score (nSPS) is 14.2. The van der Waals surface area contributed by atoms with Crippen molar-refractivity contribution in [1.82, 2.24) is 26.6 Å². The maximum absolute atomic E-state index is 13.9. The zero-order valence-electron chi connectivity index (χ0n) is 33.3. The number of nitrogens with one attached hydrogen (secondary N) is 5. The van der Waals surface area contributed by atoms with Crippen LogP contribution < -0.4 is 26.6 Å². The lowest BCUT2D eigenvalue weighted by atomic mass is 9.85. The SMILES string of the molecule is CNC(=O)c1ccc(-c2ccc(C[C@H](NC(=O)[C@@H](NC(=O)OC)C(C)(C)C)[C@@H](O)C[C@H](Cc3ccccc3)NC(=O)[C@@H](NC(=O)OC)C(C)(C)C)cc2)cc1. The van der Waals surface area contributed by atoms with Crippen molar-refractivity contribution in [1.29, 1.82) is 0 Å². The molecule has 0 spiro atoms. The minimum Gasteiger partial charge on any atom is -0.453 e. The van der Waals surface area contributed by atoms with Crippen molar-refractivity contribution in [3.63, 3.8) is 0 Å². The second-order valence-corrected chi connectivity index (χ2v) is 15.7. The Hall–Kier alpha value is -5.43. The molecule has 13 heteroatoms. The minimum absolute atomic E-state index is 0.0288. The highest BCUT2D eigenvalue weighted by Crippen LogP contribution is 2.25. The van der Waals surface area contributed by atoms with Gasteiger partial charge >= 0.3 is 12.2 Å². The quantitative estimate of drug-likeness (QED) is 0.128. The molecule has 0 aliphatic carbocycles. The minimum atomic E-state index is -1.18. The number of aliphatic hydroxyl groups excluding tert-OH is 1. The summed E-state index contributed by atoms with van der Waals surface area (Å²) in [4.78, 5) is 64.2. The number of hydrogen-bond acceptors (Lipinski definition) is 8. The van der Waals surface area contributed by atoms with Crippen LogP contribution in [0.2, 0.25) is 0 Å². The Bertz CT molecular complexity index is 1730. The Morgan fingerprint density at radius 2 is 1.07 bits per heavy atom. The Balaban J connectivity index is 1.97. The van der Waals surface area contributed by atoms with E-state index in [1.54, 1.807) is 40.0 Å². The zero-order valence-corrected chi connectivity index (χ0v) is 33.3. The summed E-state index contributed by atoms with van der Waals surface area (Å²) in [6.07, 6.45) is -2.12. The lowest BCUT2D eigenvalue weighted by Gasteiger charge is -2.34. The van der Waals surface area contributed by atoms with Crippen LogP contribution in [0.1, 0.15) is 69.4 Å². The number of hydrogen-bond donors (Lipinski definition) is 6. The van der Waals surface area contributed by atoms with E-state index in [1.807, 2.05) is 87.5 Å². The largest absolute Gasteiger partial charge is 0.453 e. The first-order valence-electron chi connectivity index (χ1n) is 18.3. The third-order valence-corrected chi connectivity index (χ3v) is 9.26. The average Bonchev–Trinajstić information content (AvgIpc) is 3.14. The van der Waals surface area contributed by atoms with Gasteiger partial charge in [0.2, 0.25) is 11.8 Å². The monoisotopic (exact) mass is 759 g/mol. The van der Waals surface area contributed by atoms with Gasteiger partial charge < -0.3 is 41.2 Å². The summed E-state index contributed by atoms with van der Waals surface area (Å²) < 4.78 is 9.57. The summed E-state index contributed by atoms with van der Waals surface area (Å²) in [5.74, 6) is -1.16. The van der Waals surface area contributed by atoms with E-state index >= 15 is 0 Å². The first kappa shape index (κ1) is 44.0. The van der Waals surface area contributed by atoms with Crippen molar-refractivity contribution >= 4 is 29.9 Å². The highest BCUT2D eigenvalue weighted by molar-refractivity contribution is 5.94. The maximum atomic E-state index is 13.9. The number of benzene rings is 3. The van der Waals surface area contributed by atoms with Gasteiger partial charge in [0.05, 0.1) is 26.4 Å². The third kappa shape index (κ3) is 13.4. The molecular formula is C42H57N5O8. The molecule has 3 rings (SSSR count). The van der Waals surface area contributed by atoms with Crippen molar-refractivity contribution in [3.8, 4) is 11.1 Å². The summed E-state index contributed by atoms with van der Waals surface area (Å²) in [5.41, 5.74) is 2.66. The van der Waals surface area contributed by atoms with Gasteiger partial charge in [0, 0.05) is 18.7 Å². The highest BCUT2D eigenvalue weighted by Gasteiger charge is 2.37. The Kier molecular flexibility index (Phi) is 15.8. The molecule has 0 heterocycles. The summed E-state index contributed by atoms with van der Waals surface area (Å²) in [7, 11) is 4.01. The zero-order chi connectivity index (χ0) is 40.9. The van der Waals surface area contributed by atoms with Gasteiger partial charge in [-0.25, -0.2) is 9.59 Å². The third-order valence-electron chi connectivity index (χ3n) is 9.26. The summed E-state index contributed by atoms with van der Waals surface area (Å²) >= 11 is 0. The van der Waals surface area contributed by atoms with Gasteiger partial charge in [0.1, 0.15) is 12.1 Å². The second kappa shape index (κ2) is 19.8. The predicted molar refractivity (Wildman–Crippen MR) is 211 cm³/mol. The van der Waals surface area contributed by atoms with Crippen molar-refractivity contribution < 1.29 is 38.6 Å². The van der Waals surface area contributed by atoms with Gasteiger partial charge in [-0.2, -0.15) is 0 Å². The Morgan fingerprint density at radius 3 is 1.53 bits per heavy atom. The Labute approximate surface area is 324 Å². The average molecular weight is 760 g/mol. The van der Waals surface area contributed by atoms with E-state index in [0.717, 1.165) is 22.3 Å². The van der Waals surface area contributed by atoms with E-state index in [0.29, 0.717) is 12.0 Å². The summed E-state index contributed by atoms with van der Waals surface area (Å²) in [6, 6.07) is 20.9. The molecule has 0 aromatic heterocycles. The van der Waals surface area contributed by atoms with Crippen LogP contribution in [0, 0.1) is 10.8 Å². The van der Waals surface area contributed by atoms with Crippen LogP contribution in [0.25, 0.3) is 11.1 Å². The smallest absolute Gasteiger partial charge is 0.407 e. The highest BCUT2D eigenvalue weighted by atomic mass is 16.5. The maximum Gasteiger partial charge on any atom is 0.407 e. The van der Waals surface area contributed by atoms with Crippen molar-refractivity contribution in [2.75, 3.05) is 21.3 Å². The van der Waals surface area contributed by atoms with E-state index in [-0.39, 0.29) is 18.7 Å². The van der Waals surface area contributed by atoms with Crippen LogP contribution in [0.3, 0.4) is 0 Å². The van der Waals surface area contributed by atoms with Gasteiger partial charge in [-0.05, 0) is 64.5 Å². The van der Waals surface area contributed by atoms with Crippen LogP contribution in [-0.2, 0) is 31.9 Å². The van der Waals surface area contributed by atoms with Crippen molar-refractivity contribution in [2.24, 2.45) is 10.8 Å². The second-order valence-electron chi connectivity index (χ2n) is 15.7. The molecular weight excluding hydrogens is 702 g/mol. The van der Waals surface area contributed by atoms with E-state index in [9.17, 15) is 29.1 Å². The number of alkyl carbamates (subject to hydrolysis) is 2. The van der Waals surface area contributed by atoms with E-state index in [2.05, 4.69) is 26.6 Å². The standard InChI is InChI=1S/C42H57N5O8/c1-41(2,3)34(46-39(52)54-8)37(50)44-31(23-26-13-11-10-12-14-26)25-33(48)32(45-38(51)35(42(4,5)6)47-40(53)55-9)24-27-15-17-28(18-16-27)29-19-21-30(22-20-29)36(49)43-7/h10-22,31-35,48H,23-25H2,1-9H3,(H,43,49)(H,44,50)(H,45,51)(H,46,52)(H,47,53)/t31-,32-,33-,34+,35+/m0/s1. The molecule has 3 aromatic rings. The number of methoxy groups -OCH3 is 2. The molecule has 0 unspecified atom stereocenters. The summed E-state index contributed by atoms with van der Waals surface area (Å²) in [6.45, 7) is 10.9. The summed E-state index contributed by atoms with van der Waals surface area (Å²) in [5, 5.41) is 25.9. The van der Waals surface area contributed by atoms with Crippen LogP contribution in [0.4, 0.5) is 9.59 Å². The topological polar surface area (TPSA) is 184 Å². The lowest BCUT2D eigenvalue weighted by molar-refractivity contribution is -0.128. The molecule has 6 N–H and O–H groups in total. The van der Waals surface area contributed by atoms with Gasteiger partial charge in [-0.15, -0.1) is 0 Å². The molecule has 0 radical (unpaired) electrons. The fraction of sp³-hybridized carbons (Fsp3) is 0.452. The van der Waals surface area contributed by atoms with Crippen LogP contribution in [0.15, 0.2) is 78.9 Å². The molecule has 0 saturated heterocycles. The number of carbonyl (C=O) groups is 5. The molecule has 0 aliphatic heterocycles. The molecule has 13 nitrogen and oxygen atoms in total. The molecule has 55 heavy (non-hydrogen) atoms. The molecule has 3 aromatic carbocycles. The van der Waals surface area contributed by atoms with Crippen LogP contribution >= 0.6 is 0 Å². The van der Waals surface area contributed by atoms with E-state index in [1.165, 1.54) is 14.2 Å². The predicted octanol–water partition coefficient (Wildman–Crippen LogP) is 4.76. The molecule has 298 valence electrons. The number of carbonyl (C=O) groups excluding carboxylic acids is 5. The van der Waals surface area contributed by atoms with Crippen LogP contribution in [0.5, 0.6) is 0 Å². The fourth-order valence-corrected chi connectivity index (χ4v) is 6.13. The van der Waals surface area contributed by atoms with E-state index in [4.69, 9.17) is 9.47 Å². The van der Waals surface area contributed by atoms with Gasteiger partial charge in [0.15, 0.2) is 0 Å². The van der Waals surface area contributed by atoms with Gasteiger partial charge in [0.25, 0.3) is 5.91 Å². The number of aliphatic hydroxyl groups is 1. The van der Waals surface area contributed by atoms with E-state index < -0.39 is 65.1 Å². The molecule has 0 bridgehead atoms. The molecule has 0 fully saturated rings. The molecule has 5 amide bonds. The van der Waals surface area contributed by atoms with Crippen LogP contribution in [-0.4, -0.2) is 86.6 Å². The molecule has 0 aliphatic rings. The van der Waals surface area contributed by atoms with Gasteiger partial charge in [-0.1, -0.05) is 108 Å². The molecule has 0 saturated carbocycles.